The van der Waals surface area contributed by atoms with E-state index in [2.05, 4.69) is 32.7 Å². The molecule has 0 saturated carbocycles. The Morgan fingerprint density at radius 1 is 1.15 bits per heavy atom. The number of hydrogen-bond donors (Lipinski definition) is 0. The highest BCUT2D eigenvalue weighted by Gasteiger charge is 2.22. The molecule has 1 aliphatic rings. The fraction of sp³-hybridized carbons (Fsp3) is 0.550. The van der Waals surface area contributed by atoms with Gasteiger partial charge in [-0.1, -0.05) is 27.2 Å². The van der Waals surface area contributed by atoms with Gasteiger partial charge in [0.25, 0.3) is 5.56 Å². The Balaban J connectivity index is 1.75. The molecule has 0 radical (unpaired) electrons. The summed E-state index contributed by atoms with van der Waals surface area (Å²) < 4.78 is 1.74. The van der Waals surface area contributed by atoms with Crippen LogP contribution in [0.5, 0.6) is 0 Å². The van der Waals surface area contributed by atoms with Crippen LogP contribution in [-0.4, -0.2) is 14.5 Å². The van der Waals surface area contributed by atoms with Crippen molar-refractivity contribution in [3.8, 4) is 0 Å². The Hall–Kier alpha value is -1.53. The molecule has 0 atom stereocenters. The summed E-state index contributed by atoms with van der Waals surface area (Å²) in [5.41, 5.74) is 2.52. The smallest absolute Gasteiger partial charge is 0.262 e. The van der Waals surface area contributed by atoms with Gasteiger partial charge in [0.05, 0.1) is 24.0 Å². The molecule has 4 nitrogen and oxygen atoms in total. The van der Waals surface area contributed by atoms with Crippen LogP contribution < -0.4 is 5.56 Å². The predicted octanol–water partition coefficient (Wildman–Crippen LogP) is 4.84. The lowest BCUT2D eigenvalue weighted by molar-refractivity contribution is 0.598. The van der Waals surface area contributed by atoms with Gasteiger partial charge in [0, 0.05) is 9.75 Å². The molecule has 4 rings (SSSR count). The fourth-order valence-electron chi connectivity index (χ4n) is 3.83. The first-order valence-corrected chi connectivity index (χ1v) is 10.9. The third kappa shape index (κ3) is 3.14. The molecule has 1 aliphatic carbocycles. The number of aromatic nitrogens is 3. The van der Waals surface area contributed by atoms with Crippen molar-refractivity contribution in [3.05, 3.63) is 42.7 Å². The van der Waals surface area contributed by atoms with Crippen molar-refractivity contribution >= 4 is 32.9 Å². The fourth-order valence-corrected chi connectivity index (χ4v) is 6.17. The number of thiazole rings is 1. The summed E-state index contributed by atoms with van der Waals surface area (Å²) in [7, 11) is 0. The second-order valence-corrected chi connectivity index (χ2v) is 10.4. The van der Waals surface area contributed by atoms with Gasteiger partial charge in [0.2, 0.25) is 0 Å². The maximum Gasteiger partial charge on any atom is 0.262 e. The Kier molecular flexibility index (Phi) is 4.51. The molecule has 6 heteroatoms. The second-order valence-electron chi connectivity index (χ2n) is 8.19. The highest BCUT2D eigenvalue weighted by atomic mass is 32.1. The van der Waals surface area contributed by atoms with Crippen molar-refractivity contribution in [2.75, 3.05) is 0 Å². The van der Waals surface area contributed by atoms with Gasteiger partial charge < -0.3 is 0 Å². The standard InChI is InChI=1S/C20H25N3OS2/c1-12-17(20(2,3)4)26-15(22-12)10-23-11-21-18-16(19(23)24)13-8-6-5-7-9-14(13)25-18/h11H,5-10H2,1-4H3. The van der Waals surface area contributed by atoms with Crippen LogP contribution in [0.4, 0.5) is 0 Å². The van der Waals surface area contributed by atoms with Crippen LogP contribution in [-0.2, 0) is 24.8 Å². The molecule has 0 amide bonds. The van der Waals surface area contributed by atoms with Crippen LogP contribution in [0.15, 0.2) is 11.1 Å². The predicted molar refractivity (Wildman–Crippen MR) is 110 cm³/mol. The molecule has 0 N–H and O–H groups in total. The number of rotatable bonds is 2. The van der Waals surface area contributed by atoms with Crippen molar-refractivity contribution < 1.29 is 0 Å². The van der Waals surface area contributed by atoms with Crippen molar-refractivity contribution in [2.24, 2.45) is 0 Å². The minimum atomic E-state index is 0.0812. The monoisotopic (exact) mass is 387 g/mol. The highest BCUT2D eigenvalue weighted by molar-refractivity contribution is 7.18. The van der Waals surface area contributed by atoms with Gasteiger partial charge in [-0.05, 0) is 43.6 Å². The third-order valence-corrected chi connectivity index (χ3v) is 7.79. The molecule has 3 aromatic heterocycles. The zero-order valence-electron chi connectivity index (χ0n) is 15.9. The molecule has 3 heterocycles. The molecular formula is C20H25N3OS2. The van der Waals surface area contributed by atoms with E-state index in [9.17, 15) is 4.79 Å². The summed E-state index contributed by atoms with van der Waals surface area (Å²) in [5.74, 6) is 0. The number of nitrogens with zero attached hydrogens (tertiary/aromatic N) is 3. The lowest BCUT2D eigenvalue weighted by Gasteiger charge is -2.16. The molecule has 3 aromatic rings. The first kappa shape index (κ1) is 17.9. The molecule has 0 unspecified atom stereocenters. The van der Waals surface area contributed by atoms with Crippen LogP contribution in [0, 0.1) is 6.92 Å². The SMILES string of the molecule is Cc1nc(Cn2cnc3sc4c(c3c2=O)CCCCC4)sc1C(C)(C)C. The molecule has 0 spiro atoms. The normalized spacial score (nSPS) is 15.2. The van der Waals surface area contributed by atoms with E-state index in [-0.39, 0.29) is 11.0 Å². The summed E-state index contributed by atoms with van der Waals surface area (Å²) >= 11 is 3.43. The molecule has 0 saturated heterocycles. The van der Waals surface area contributed by atoms with E-state index >= 15 is 0 Å². The zero-order valence-corrected chi connectivity index (χ0v) is 17.5. The molecule has 26 heavy (non-hydrogen) atoms. The van der Waals surface area contributed by atoms with Gasteiger partial charge in [0.15, 0.2) is 0 Å². The van der Waals surface area contributed by atoms with Gasteiger partial charge in [-0.25, -0.2) is 9.97 Å². The van der Waals surface area contributed by atoms with E-state index in [1.54, 1.807) is 33.6 Å². The van der Waals surface area contributed by atoms with E-state index in [1.807, 2.05) is 0 Å². The lowest BCUT2D eigenvalue weighted by Crippen LogP contribution is -2.21. The number of hydrogen-bond acceptors (Lipinski definition) is 5. The van der Waals surface area contributed by atoms with Gasteiger partial charge >= 0.3 is 0 Å². The van der Waals surface area contributed by atoms with E-state index in [0.717, 1.165) is 33.8 Å². The molecule has 138 valence electrons. The number of fused-ring (bicyclic) bond motifs is 3. The Morgan fingerprint density at radius 2 is 1.92 bits per heavy atom. The molecule has 0 aliphatic heterocycles. The van der Waals surface area contributed by atoms with Gasteiger partial charge in [-0.3, -0.25) is 9.36 Å². The Bertz CT molecular complexity index is 1020. The maximum atomic E-state index is 13.2. The second kappa shape index (κ2) is 6.57. The average Bonchev–Trinajstić information content (AvgIpc) is 3.03. The first-order valence-electron chi connectivity index (χ1n) is 9.31. The van der Waals surface area contributed by atoms with Crippen LogP contribution >= 0.6 is 22.7 Å². The summed E-state index contributed by atoms with van der Waals surface area (Å²) in [5, 5.41) is 1.84. The minimum Gasteiger partial charge on any atom is -0.292 e. The average molecular weight is 388 g/mol. The molecule has 0 fully saturated rings. The largest absolute Gasteiger partial charge is 0.292 e. The molecule has 0 aromatic carbocycles. The molecular weight excluding hydrogens is 362 g/mol. The highest BCUT2D eigenvalue weighted by Crippen LogP contribution is 2.33. The number of aryl methyl sites for hydroxylation is 3. The van der Waals surface area contributed by atoms with Crippen LogP contribution in [0.25, 0.3) is 10.2 Å². The van der Waals surface area contributed by atoms with E-state index < -0.39 is 0 Å². The minimum absolute atomic E-state index is 0.0812. The Morgan fingerprint density at radius 3 is 2.65 bits per heavy atom. The van der Waals surface area contributed by atoms with Gasteiger partial charge in [-0.15, -0.1) is 22.7 Å². The Labute approximate surface area is 161 Å². The van der Waals surface area contributed by atoms with E-state index in [1.165, 1.54) is 34.6 Å². The van der Waals surface area contributed by atoms with Gasteiger partial charge in [-0.2, -0.15) is 0 Å². The topological polar surface area (TPSA) is 47.8 Å². The summed E-state index contributed by atoms with van der Waals surface area (Å²) in [6.07, 6.45) is 7.46. The first-order chi connectivity index (χ1) is 12.3. The van der Waals surface area contributed by atoms with Crippen molar-refractivity contribution in [1.82, 2.24) is 14.5 Å². The van der Waals surface area contributed by atoms with Gasteiger partial charge in [0.1, 0.15) is 9.84 Å². The van der Waals surface area contributed by atoms with Crippen molar-refractivity contribution in [2.45, 2.75) is 71.8 Å². The molecule has 0 bridgehead atoms. The summed E-state index contributed by atoms with van der Waals surface area (Å²) in [6.45, 7) is 9.19. The zero-order chi connectivity index (χ0) is 18.5. The quantitative estimate of drug-likeness (QED) is 0.591. The van der Waals surface area contributed by atoms with Crippen molar-refractivity contribution in [1.29, 1.82) is 0 Å². The summed E-state index contributed by atoms with van der Waals surface area (Å²) in [6, 6.07) is 0. The van der Waals surface area contributed by atoms with E-state index in [0.29, 0.717) is 6.54 Å². The van der Waals surface area contributed by atoms with Crippen LogP contribution in [0.3, 0.4) is 0 Å². The maximum absolute atomic E-state index is 13.2. The van der Waals surface area contributed by atoms with Crippen molar-refractivity contribution in [3.63, 3.8) is 0 Å². The van der Waals surface area contributed by atoms with E-state index in [4.69, 9.17) is 4.98 Å². The lowest BCUT2D eigenvalue weighted by atomic mass is 9.94. The third-order valence-electron chi connectivity index (χ3n) is 5.02. The summed E-state index contributed by atoms with van der Waals surface area (Å²) in [4.78, 5) is 26.1. The van der Waals surface area contributed by atoms with Crippen LogP contribution in [0.1, 0.15) is 66.1 Å². The van der Waals surface area contributed by atoms with Crippen LogP contribution in [0.2, 0.25) is 0 Å². The number of thiophene rings is 1.